The first kappa shape index (κ1) is 14.0. The van der Waals surface area contributed by atoms with Crippen molar-refractivity contribution in [3.05, 3.63) is 0 Å². The highest BCUT2D eigenvalue weighted by Crippen LogP contribution is 2.23. The van der Waals surface area contributed by atoms with Crippen LogP contribution in [0.1, 0.15) is 39.5 Å². The normalized spacial score (nSPS) is 25.4. The van der Waals surface area contributed by atoms with Gasteiger partial charge in [0.1, 0.15) is 6.04 Å². The quantitative estimate of drug-likeness (QED) is 0.692. The molecule has 1 aliphatic rings. The van der Waals surface area contributed by atoms with E-state index in [2.05, 4.69) is 15.4 Å². The van der Waals surface area contributed by atoms with Gasteiger partial charge < -0.3 is 15.4 Å². The van der Waals surface area contributed by atoms with Crippen LogP contribution in [0.15, 0.2) is 0 Å². The molecule has 5 heteroatoms. The molecule has 1 rings (SSSR count). The molecule has 2 N–H and O–H groups in total. The van der Waals surface area contributed by atoms with Gasteiger partial charge in [-0.15, -0.1) is 0 Å². The molecule has 0 aromatic carbocycles. The minimum Gasteiger partial charge on any atom is -0.467 e. The number of carbonyl (C=O) groups excluding carboxylic acids is 2. The smallest absolute Gasteiger partial charge is 0.328 e. The summed E-state index contributed by atoms with van der Waals surface area (Å²) < 4.78 is 4.66. The molecule has 1 amide bonds. The van der Waals surface area contributed by atoms with Crippen LogP contribution in [-0.4, -0.2) is 37.1 Å². The van der Waals surface area contributed by atoms with Crippen molar-refractivity contribution in [1.82, 2.24) is 10.6 Å². The molecule has 2 unspecified atom stereocenters. The largest absolute Gasteiger partial charge is 0.467 e. The number of ether oxygens (including phenoxy) is 1. The van der Waals surface area contributed by atoms with Gasteiger partial charge in [0.15, 0.2) is 0 Å². The van der Waals surface area contributed by atoms with Crippen molar-refractivity contribution in [2.45, 2.75) is 51.1 Å². The fourth-order valence-corrected chi connectivity index (χ4v) is 2.23. The van der Waals surface area contributed by atoms with E-state index in [-0.39, 0.29) is 11.9 Å². The fourth-order valence-electron chi connectivity index (χ4n) is 2.23. The second-order valence-electron chi connectivity index (χ2n) is 4.42. The zero-order chi connectivity index (χ0) is 12.9. The molecular weight excluding hydrogens is 220 g/mol. The van der Waals surface area contributed by atoms with Gasteiger partial charge in [0, 0.05) is 0 Å². The molecule has 1 fully saturated rings. The van der Waals surface area contributed by atoms with Crippen molar-refractivity contribution < 1.29 is 14.3 Å². The van der Waals surface area contributed by atoms with E-state index in [4.69, 9.17) is 0 Å². The lowest BCUT2D eigenvalue weighted by Gasteiger charge is -2.28. The third-order valence-corrected chi connectivity index (χ3v) is 3.48. The zero-order valence-corrected chi connectivity index (χ0v) is 10.8. The number of carbonyl (C=O) groups is 2. The molecule has 0 bridgehead atoms. The molecule has 2 atom stereocenters. The maximum Gasteiger partial charge on any atom is 0.328 e. The lowest BCUT2D eigenvalue weighted by Crippen LogP contribution is -2.56. The maximum absolute atomic E-state index is 12.2. The first-order chi connectivity index (χ1) is 8.09. The summed E-state index contributed by atoms with van der Waals surface area (Å²) in [6, 6.07) is -0.543. The lowest BCUT2D eigenvalue weighted by molar-refractivity contribution is -0.146. The van der Waals surface area contributed by atoms with Crippen molar-refractivity contribution in [3.8, 4) is 0 Å². The summed E-state index contributed by atoms with van der Waals surface area (Å²) in [5.74, 6) is -0.472. The first-order valence-electron chi connectivity index (χ1n) is 6.23. The molecule has 0 aliphatic carbocycles. The van der Waals surface area contributed by atoms with Crippen LogP contribution in [0.3, 0.4) is 0 Å². The van der Waals surface area contributed by atoms with E-state index in [1.54, 1.807) is 0 Å². The molecule has 1 aliphatic heterocycles. The Balaban J connectivity index is 2.66. The Bertz CT molecular complexity index is 285. The van der Waals surface area contributed by atoms with Crippen LogP contribution < -0.4 is 10.6 Å². The Labute approximate surface area is 102 Å². The molecule has 5 nitrogen and oxygen atoms in total. The Morgan fingerprint density at radius 1 is 1.47 bits per heavy atom. The third kappa shape index (κ3) is 2.97. The standard InChI is InChI=1S/C12H22N2O3/c1-4-9(10(15)17-3)14-11(16)12(5-2)7-6-8-13-12/h9,13H,4-8H2,1-3H3,(H,14,16). The number of nitrogens with one attached hydrogen (secondary N) is 2. The van der Waals surface area contributed by atoms with Gasteiger partial charge in [-0.2, -0.15) is 0 Å². The second kappa shape index (κ2) is 6.00. The van der Waals surface area contributed by atoms with Crippen molar-refractivity contribution in [3.63, 3.8) is 0 Å². The van der Waals surface area contributed by atoms with E-state index in [0.717, 1.165) is 25.8 Å². The van der Waals surface area contributed by atoms with Crippen LogP contribution in [0.5, 0.6) is 0 Å². The monoisotopic (exact) mass is 242 g/mol. The van der Waals surface area contributed by atoms with E-state index in [9.17, 15) is 9.59 Å². The second-order valence-corrected chi connectivity index (χ2v) is 4.42. The Morgan fingerprint density at radius 2 is 2.18 bits per heavy atom. The molecule has 0 radical (unpaired) electrons. The van der Waals surface area contributed by atoms with E-state index in [1.807, 2.05) is 13.8 Å². The predicted molar refractivity (Wildman–Crippen MR) is 64.5 cm³/mol. The number of rotatable bonds is 5. The summed E-state index contributed by atoms with van der Waals surface area (Å²) in [5.41, 5.74) is -0.499. The zero-order valence-electron chi connectivity index (χ0n) is 10.8. The highest BCUT2D eigenvalue weighted by atomic mass is 16.5. The molecule has 17 heavy (non-hydrogen) atoms. The average Bonchev–Trinajstić information content (AvgIpc) is 2.84. The summed E-state index contributed by atoms with van der Waals surface area (Å²) in [6.07, 6.45) is 3.10. The number of hydrogen-bond acceptors (Lipinski definition) is 4. The van der Waals surface area contributed by atoms with Crippen molar-refractivity contribution in [1.29, 1.82) is 0 Å². The van der Waals surface area contributed by atoms with Gasteiger partial charge in [0.05, 0.1) is 12.6 Å². The fraction of sp³-hybridized carbons (Fsp3) is 0.833. The van der Waals surface area contributed by atoms with Gasteiger partial charge in [-0.3, -0.25) is 4.79 Å². The van der Waals surface area contributed by atoms with Gasteiger partial charge in [-0.05, 0) is 32.2 Å². The van der Waals surface area contributed by atoms with Gasteiger partial charge in [0.25, 0.3) is 0 Å². The van der Waals surface area contributed by atoms with Crippen molar-refractivity contribution in [2.24, 2.45) is 0 Å². The number of esters is 1. The Hall–Kier alpha value is -1.10. The van der Waals surface area contributed by atoms with Crippen LogP contribution >= 0.6 is 0 Å². The van der Waals surface area contributed by atoms with Crippen LogP contribution in [0, 0.1) is 0 Å². The molecule has 1 heterocycles. The Morgan fingerprint density at radius 3 is 2.59 bits per heavy atom. The SMILES string of the molecule is CCC(NC(=O)C1(CC)CCCN1)C(=O)OC. The number of hydrogen-bond donors (Lipinski definition) is 2. The van der Waals surface area contributed by atoms with E-state index < -0.39 is 11.6 Å². The average molecular weight is 242 g/mol. The van der Waals surface area contributed by atoms with E-state index >= 15 is 0 Å². The lowest BCUT2D eigenvalue weighted by atomic mass is 9.92. The summed E-state index contributed by atoms with van der Waals surface area (Å²) in [4.78, 5) is 23.6. The van der Waals surface area contributed by atoms with Crippen LogP contribution in [0.25, 0.3) is 0 Å². The van der Waals surface area contributed by atoms with Gasteiger partial charge >= 0.3 is 5.97 Å². The van der Waals surface area contributed by atoms with Crippen molar-refractivity contribution in [2.75, 3.05) is 13.7 Å². The molecule has 0 aromatic heterocycles. The topological polar surface area (TPSA) is 67.4 Å². The van der Waals surface area contributed by atoms with Crippen LogP contribution in [0.4, 0.5) is 0 Å². The molecule has 0 saturated carbocycles. The van der Waals surface area contributed by atoms with E-state index in [1.165, 1.54) is 7.11 Å². The molecular formula is C12H22N2O3. The highest BCUT2D eigenvalue weighted by molar-refractivity contribution is 5.90. The molecule has 98 valence electrons. The predicted octanol–water partition coefficient (Wildman–Crippen LogP) is 0.586. The summed E-state index contributed by atoms with van der Waals surface area (Å²) in [5, 5.41) is 6.02. The van der Waals surface area contributed by atoms with Gasteiger partial charge in [0.2, 0.25) is 5.91 Å². The van der Waals surface area contributed by atoms with Gasteiger partial charge in [-0.1, -0.05) is 13.8 Å². The van der Waals surface area contributed by atoms with E-state index in [0.29, 0.717) is 6.42 Å². The molecule has 1 saturated heterocycles. The highest BCUT2D eigenvalue weighted by Gasteiger charge is 2.40. The van der Waals surface area contributed by atoms with Crippen LogP contribution in [-0.2, 0) is 14.3 Å². The number of amides is 1. The minimum atomic E-state index is -0.543. The molecule has 0 spiro atoms. The first-order valence-corrected chi connectivity index (χ1v) is 6.23. The van der Waals surface area contributed by atoms with Gasteiger partial charge in [-0.25, -0.2) is 4.79 Å². The summed E-state index contributed by atoms with van der Waals surface area (Å²) in [6.45, 7) is 4.69. The minimum absolute atomic E-state index is 0.0882. The summed E-state index contributed by atoms with van der Waals surface area (Å²) in [7, 11) is 1.33. The summed E-state index contributed by atoms with van der Waals surface area (Å²) >= 11 is 0. The Kier molecular flexibility index (Phi) is 4.93. The molecule has 0 aromatic rings. The van der Waals surface area contributed by atoms with Crippen molar-refractivity contribution >= 4 is 11.9 Å². The van der Waals surface area contributed by atoms with Crippen LogP contribution in [0.2, 0.25) is 0 Å². The maximum atomic E-state index is 12.2. The third-order valence-electron chi connectivity index (χ3n) is 3.48. The number of methoxy groups -OCH3 is 1.